The number of alkyl halides is 12. The first-order valence-electron chi connectivity index (χ1n) is 24.9. The number of aliphatic imine (C=N–C) groups is 1. The molecular weight excluding hydrogens is 1300 g/mol. The maximum Gasteiger partial charge on any atom is 0.433 e. The number of nitrogen functional groups attached to an aromatic ring is 2. The van der Waals surface area contributed by atoms with Gasteiger partial charge >= 0.3 is 24.7 Å². The highest BCUT2D eigenvalue weighted by atomic mass is 127. The molecule has 2 fully saturated rings. The second-order valence-electron chi connectivity index (χ2n) is 17.7. The van der Waals surface area contributed by atoms with Crippen LogP contribution >= 0.6 is 57.4 Å². The van der Waals surface area contributed by atoms with Gasteiger partial charge in [-0.2, -0.15) is 52.7 Å². The zero-order valence-corrected chi connectivity index (χ0v) is 48.1. The highest BCUT2D eigenvalue weighted by molar-refractivity contribution is 14.1. The van der Waals surface area contributed by atoms with Crippen LogP contribution in [-0.4, -0.2) is 57.5 Å². The molecule has 0 radical (unpaired) electrons. The second-order valence-corrected chi connectivity index (χ2v) is 20.1. The number of nitrogens with one attached hydrogen (secondary N) is 2. The Morgan fingerprint density at radius 1 is 0.464 bits per heavy atom. The first-order chi connectivity index (χ1) is 39.6. The molecule has 2 aliphatic heterocycles. The van der Waals surface area contributed by atoms with Crippen LogP contribution in [0.2, 0.25) is 15.5 Å². The van der Waals surface area contributed by atoms with Gasteiger partial charge in [-0.15, -0.1) is 0 Å². The SMILES string of the molecule is C1CCNC1.FC(F)(F)c1cc(I)cc(Cl)n1.FC(F)(F)c1cc(N=C(c2ccccc2)c2ccccc2)cc(Cl)n1.N=C(c1ccccc1)c1ccccc1.Nc1cc(Cl)nc(C(F)(F)F)c1.Nc1cc(N2CCCC2)nc(C(F)(F)F)c1. The van der Waals surface area contributed by atoms with Gasteiger partial charge < -0.3 is 21.7 Å². The molecule has 10 nitrogen and oxygen atoms in total. The van der Waals surface area contributed by atoms with Crippen molar-refractivity contribution in [1.82, 2.24) is 25.3 Å². The number of benzene rings is 4. The van der Waals surface area contributed by atoms with E-state index in [0.717, 1.165) is 78.5 Å². The zero-order valence-electron chi connectivity index (χ0n) is 43.7. The summed E-state index contributed by atoms with van der Waals surface area (Å²) in [6, 6.07) is 46.7. The molecular formula is C58H50Cl3F12IN10. The van der Waals surface area contributed by atoms with E-state index in [0.29, 0.717) is 20.8 Å². The smallest absolute Gasteiger partial charge is 0.399 e. The van der Waals surface area contributed by atoms with Crippen molar-refractivity contribution in [2.75, 3.05) is 42.5 Å². The van der Waals surface area contributed by atoms with Gasteiger partial charge in [-0.05, 0) is 109 Å². The summed E-state index contributed by atoms with van der Waals surface area (Å²) in [5, 5.41) is 10.5. The van der Waals surface area contributed by atoms with E-state index in [1.54, 1.807) is 22.6 Å². The molecule has 10 rings (SSSR count). The Bertz CT molecular complexity index is 3180. The van der Waals surface area contributed by atoms with Gasteiger partial charge in [0.05, 0.1) is 17.1 Å². The lowest BCUT2D eigenvalue weighted by Crippen LogP contribution is -2.21. The summed E-state index contributed by atoms with van der Waals surface area (Å²) < 4.78 is 149. The van der Waals surface area contributed by atoms with E-state index in [9.17, 15) is 52.7 Å². The summed E-state index contributed by atoms with van der Waals surface area (Å²) in [7, 11) is 0. The monoisotopic (exact) mass is 1350 g/mol. The average Bonchev–Trinajstić information content (AvgIpc) is 4.30. The van der Waals surface area contributed by atoms with E-state index < -0.39 is 47.5 Å². The number of nitrogens with two attached hydrogens (primary N) is 2. The predicted molar refractivity (Wildman–Crippen MR) is 314 cm³/mol. The number of pyridine rings is 4. The summed E-state index contributed by atoms with van der Waals surface area (Å²) >= 11 is 18.1. The van der Waals surface area contributed by atoms with Gasteiger partial charge in [-0.25, -0.2) is 24.9 Å². The zero-order chi connectivity index (χ0) is 61.7. The number of aromatic nitrogens is 4. The van der Waals surface area contributed by atoms with Gasteiger partial charge in [-0.1, -0.05) is 156 Å². The van der Waals surface area contributed by atoms with Crippen molar-refractivity contribution in [2.45, 2.75) is 50.4 Å². The Kier molecular flexibility index (Phi) is 25.6. The highest BCUT2D eigenvalue weighted by Gasteiger charge is 2.36. The topological polar surface area (TPSA) is 155 Å². The number of nitrogens with zero attached hydrogens (tertiary/aromatic N) is 6. The van der Waals surface area contributed by atoms with Crippen LogP contribution in [0, 0.1) is 8.98 Å². The van der Waals surface area contributed by atoms with Crippen LogP contribution in [0.5, 0.6) is 0 Å². The third kappa shape index (κ3) is 23.2. The van der Waals surface area contributed by atoms with Crippen LogP contribution in [0.1, 0.15) is 70.7 Å². The molecule has 0 amide bonds. The van der Waals surface area contributed by atoms with E-state index >= 15 is 0 Å². The summed E-state index contributed by atoms with van der Waals surface area (Å²) in [6.07, 6.45) is -13.2. The van der Waals surface area contributed by atoms with Crippen LogP contribution in [0.15, 0.2) is 175 Å². The molecule has 4 aromatic carbocycles. The quantitative estimate of drug-likeness (QED) is 0.0555. The van der Waals surface area contributed by atoms with Crippen LogP contribution in [0.4, 0.5) is 75.6 Å². The molecule has 0 unspecified atom stereocenters. The minimum absolute atomic E-state index is 0.0534. The molecule has 0 bridgehead atoms. The van der Waals surface area contributed by atoms with Crippen molar-refractivity contribution in [2.24, 2.45) is 4.99 Å². The minimum Gasteiger partial charge on any atom is -0.399 e. The largest absolute Gasteiger partial charge is 0.433 e. The third-order valence-electron chi connectivity index (χ3n) is 11.2. The van der Waals surface area contributed by atoms with Crippen molar-refractivity contribution in [3.8, 4) is 0 Å². The van der Waals surface area contributed by atoms with Crippen LogP contribution < -0.4 is 21.7 Å². The maximum atomic E-state index is 13.0. The molecule has 0 spiro atoms. The van der Waals surface area contributed by atoms with Gasteiger partial charge in [0.2, 0.25) is 0 Å². The van der Waals surface area contributed by atoms with Gasteiger partial charge in [0.15, 0.2) is 0 Å². The van der Waals surface area contributed by atoms with Crippen LogP contribution in [-0.2, 0) is 24.7 Å². The first-order valence-corrected chi connectivity index (χ1v) is 27.1. The number of hydrogen-bond acceptors (Lipinski definition) is 10. The van der Waals surface area contributed by atoms with E-state index in [2.05, 4.69) is 30.2 Å². The molecule has 0 atom stereocenters. The van der Waals surface area contributed by atoms with Crippen molar-refractivity contribution in [3.63, 3.8) is 0 Å². The van der Waals surface area contributed by atoms with Gasteiger partial charge in [-0.3, -0.25) is 5.41 Å². The Labute approximate surface area is 504 Å². The number of hydrogen-bond donors (Lipinski definition) is 4. The summed E-state index contributed by atoms with van der Waals surface area (Å²) in [6.45, 7) is 3.99. The summed E-state index contributed by atoms with van der Waals surface area (Å²) in [4.78, 5) is 19.4. The Morgan fingerprint density at radius 3 is 1.20 bits per heavy atom. The summed E-state index contributed by atoms with van der Waals surface area (Å²) in [5.41, 5.74) is 11.3. The molecule has 6 N–H and O–H groups in total. The lowest BCUT2D eigenvalue weighted by molar-refractivity contribution is -0.142. The Morgan fingerprint density at radius 2 is 0.821 bits per heavy atom. The Balaban J connectivity index is 0.000000193. The standard InChI is InChI=1S/C19H12ClF3N2.C13H11N.C10H12F3N3.C6H2ClF3IN.C6H4ClF3N2.C4H9N/c20-17-12-15(11-16(25-17)19(21,22)23)24-18(13-7-3-1-4-8-13)14-9-5-2-6-10-14;14-13(11-7-3-1-4-8-11)12-9-5-2-6-10-12;11-10(12,13)8-5-7(14)6-9(15-8)16-3-1-2-4-16;2*7-5-2-3(11)1-4(12-5)6(8,9)10;1-2-4-5-3-1/h1-12H;1-10,14H;5-6H,1-4H2,(H2,14,15);1-2H;1-2H,(H2,11,12);5H,1-4H2. The molecule has 6 heterocycles. The van der Waals surface area contributed by atoms with Crippen LogP contribution in [0.25, 0.3) is 0 Å². The lowest BCUT2D eigenvalue weighted by Gasteiger charge is -2.18. The molecule has 8 aromatic rings. The minimum atomic E-state index is -4.59. The van der Waals surface area contributed by atoms with Crippen LogP contribution in [0.3, 0.4) is 0 Å². The van der Waals surface area contributed by atoms with Crippen molar-refractivity contribution in [1.29, 1.82) is 5.41 Å². The van der Waals surface area contributed by atoms with E-state index in [4.69, 9.17) is 51.7 Å². The molecule has 84 heavy (non-hydrogen) atoms. The third-order valence-corrected chi connectivity index (χ3v) is 12.4. The second kappa shape index (κ2) is 31.7. The number of anilines is 3. The maximum absolute atomic E-state index is 13.0. The van der Waals surface area contributed by atoms with E-state index in [1.807, 2.05) is 126 Å². The van der Waals surface area contributed by atoms with E-state index in [-0.39, 0.29) is 32.5 Å². The fraction of sp³-hybridized carbons (Fsp3) is 0.207. The normalized spacial score (nSPS) is 12.9. The highest BCUT2D eigenvalue weighted by Crippen LogP contribution is 2.35. The average molecular weight is 1350 g/mol. The molecule has 2 saturated heterocycles. The fourth-order valence-electron chi connectivity index (χ4n) is 7.37. The first kappa shape index (κ1) is 67.7. The molecule has 0 saturated carbocycles. The fourth-order valence-corrected chi connectivity index (χ4v) is 8.78. The molecule has 2 aliphatic rings. The van der Waals surface area contributed by atoms with Crippen molar-refractivity contribution in [3.05, 3.63) is 234 Å². The molecule has 26 heteroatoms. The molecule has 0 aliphatic carbocycles. The van der Waals surface area contributed by atoms with Gasteiger partial charge in [0, 0.05) is 51.3 Å². The van der Waals surface area contributed by atoms with Crippen molar-refractivity contribution < 1.29 is 52.7 Å². The molecule has 4 aromatic heterocycles. The summed E-state index contributed by atoms with van der Waals surface area (Å²) in [5.74, 6) is 0.324. The number of rotatable bonds is 6. The van der Waals surface area contributed by atoms with Gasteiger partial charge in [0.1, 0.15) is 44.1 Å². The lowest BCUT2D eigenvalue weighted by atomic mass is 10.0. The number of halogens is 16. The van der Waals surface area contributed by atoms with Crippen molar-refractivity contribution >= 4 is 91.7 Å². The molecule has 444 valence electrons. The van der Waals surface area contributed by atoms with Gasteiger partial charge in [0.25, 0.3) is 0 Å². The van der Waals surface area contributed by atoms with E-state index in [1.165, 1.54) is 44.1 Å². The Hall–Kier alpha value is -7.06. The predicted octanol–water partition coefficient (Wildman–Crippen LogP) is 17.4.